The highest BCUT2D eigenvalue weighted by atomic mass is 16.5. The molecule has 1 radical (unpaired) electrons. The zero-order valence-electron chi connectivity index (χ0n) is 7.46. The lowest BCUT2D eigenvalue weighted by atomic mass is 10.3. The van der Waals surface area contributed by atoms with Gasteiger partial charge in [-0.2, -0.15) is 0 Å². The normalized spacial score (nSPS) is 13.1. The second-order valence-corrected chi connectivity index (χ2v) is 2.50. The number of hydrogen-bond donors (Lipinski definition) is 0. The zero-order chi connectivity index (χ0) is 8.69. The third-order valence-corrected chi connectivity index (χ3v) is 1.66. The van der Waals surface area contributed by atoms with Crippen molar-refractivity contribution in [3.8, 4) is 0 Å². The van der Waals surface area contributed by atoms with E-state index < -0.39 is 0 Å². The van der Waals surface area contributed by atoms with E-state index in [4.69, 9.17) is 0 Å². The van der Waals surface area contributed by atoms with Crippen LogP contribution in [0.5, 0.6) is 0 Å². The maximum atomic E-state index is 9.81. The molecule has 0 saturated heterocycles. The Morgan fingerprint density at radius 2 is 2.00 bits per heavy atom. The molecule has 0 saturated carbocycles. The monoisotopic (exact) mass is 158 g/mol. The Morgan fingerprint density at radius 1 is 1.45 bits per heavy atom. The molecule has 0 bridgehead atoms. The van der Waals surface area contributed by atoms with E-state index >= 15 is 0 Å². The fourth-order valence-corrected chi connectivity index (χ4v) is 0.965. The van der Waals surface area contributed by atoms with Gasteiger partial charge in [0.1, 0.15) is 6.10 Å². The third-order valence-electron chi connectivity index (χ3n) is 1.66. The summed E-state index contributed by atoms with van der Waals surface area (Å²) in [5.41, 5.74) is 0. The fourth-order valence-electron chi connectivity index (χ4n) is 0.965. The molecule has 0 aromatic carbocycles. The van der Waals surface area contributed by atoms with Crippen LogP contribution in [0.4, 0.5) is 0 Å². The standard InChI is InChI=1S/C8H16NO2/c1-4-9(5-2)6-8(3)11-7-10/h8H,4-6H2,1-3H3. The lowest BCUT2D eigenvalue weighted by Crippen LogP contribution is -2.31. The highest BCUT2D eigenvalue weighted by molar-refractivity contribution is 5.38. The quantitative estimate of drug-likeness (QED) is 0.572. The molecule has 3 heteroatoms. The van der Waals surface area contributed by atoms with Gasteiger partial charge in [0.05, 0.1) is 0 Å². The summed E-state index contributed by atoms with van der Waals surface area (Å²) < 4.78 is 4.63. The van der Waals surface area contributed by atoms with E-state index in [0.717, 1.165) is 19.6 Å². The number of hydrogen-bond acceptors (Lipinski definition) is 3. The minimum absolute atomic E-state index is 0.0487. The van der Waals surface area contributed by atoms with Gasteiger partial charge in [-0.3, -0.25) is 0 Å². The molecule has 11 heavy (non-hydrogen) atoms. The van der Waals surface area contributed by atoms with Crippen LogP contribution in [0.3, 0.4) is 0 Å². The number of nitrogens with zero attached hydrogens (tertiary/aromatic N) is 1. The molecule has 0 fully saturated rings. The predicted octanol–water partition coefficient (Wildman–Crippen LogP) is 0.800. The van der Waals surface area contributed by atoms with E-state index in [-0.39, 0.29) is 6.10 Å². The van der Waals surface area contributed by atoms with Crippen LogP contribution in [0, 0.1) is 0 Å². The second-order valence-electron chi connectivity index (χ2n) is 2.50. The van der Waals surface area contributed by atoms with Crippen LogP contribution < -0.4 is 0 Å². The van der Waals surface area contributed by atoms with Gasteiger partial charge in [-0.05, 0) is 20.0 Å². The first-order valence-corrected chi connectivity index (χ1v) is 3.99. The Kier molecular flexibility index (Phi) is 5.84. The minimum atomic E-state index is -0.0487. The third kappa shape index (κ3) is 4.79. The maximum absolute atomic E-state index is 9.81. The molecule has 0 amide bonds. The van der Waals surface area contributed by atoms with Crippen LogP contribution in [0.15, 0.2) is 0 Å². The summed E-state index contributed by atoms with van der Waals surface area (Å²) in [6.45, 7) is 10.2. The SMILES string of the molecule is CCN(CC)CC(C)O[C]=O. The van der Waals surface area contributed by atoms with Crippen LogP contribution in [0.2, 0.25) is 0 Å². The highest BCUT2D eigenvalue weighted by Gasteiger charge is 2.06. The first kappa shape index (κ1) is 10.4. The van der Waals surface area contributed by atoms with Crippen LogP contribution in [-0.4, -0.2) is 37.1 Å². The molecule has 0 aromatic heterocycles. The van der Waals surface area contributed by atoms with Gasteiger partial charge in [0.25, 0.3) is 0 Å². The van der Waals surface area contributed by atoms with Gasteiger partial charge in [0.15, 0.2) is 0 Å². The van der Waals surface area contributed by atoms with Gasteiger partial charge in [-0.15, -0.1) is 0 Å². The molecule has 1 unspecified atom stereocenters. The van der Waals surface area contributed by atoms with Crippen molar-refractivity contribution in [2.24, 2.45) is 0 Å². The Bertz CT molecular complexity index is 102. The lowest BCUT2D eigenvalue weighted by Gasteiger charge is -2.20. The van der Waals surface area contributed by atoms with Crippen molar-refractivity contribution in [3.63, 3.8) is 0 Å². The topological polar surface area (TPSA) is 29.5 Å². The van der Waals surface area contributed by atoms with Crippen LogP contribution in [0.25, 0.3) is 0 Å². The Balaban J connectivity index is 3.52. The van der Waals surface area contributed by atoms with Gasteiger partial charge in [-0.1, -0.05) is 13.8 Å². The van der Waals surface area contributed by atoms with E-state index in [2.05, 4.69) is 23.5 Å². The summed E-state index contributed by atoms with van der Waals surface area (Å²) in [5, 5.41) is 0. The van der Waals surface area contributed by atoms with E-state index in [1.165, 1.54) is 6.47 Å². The molecule has 65 valence electrons. The molecule has 0 aliphatic carbocycles. The molecule has 0 spiro atoms. The highest BCUT2D eigenvalue weighted by Crippen LogP contribution is 1.94. The summed E-state index contributed by atoms with van der Waals surface area (Å²) in [6.07, 6.45) is -0.0487. The number of carbonyl (C=O) groups excluding carboxylic acids is 1. The maximum Gasteiger partial charge on any atom is 0.417 e. The lowest BCUT2D eigenvalue weighted by molar-refractivity contribution is 0.137. The molecular weight excluding hydrogens is 142 g/mol. The molecule has 0 aromatic rings. The molecule has 0 aliphatic rings. The van der Waals surface area contributed by atoms with Crippen molar-refractivity contribution < 1.29 is 9.53 Å². The largest absolute Gasteiger partial charge is 0.453 e. The molecule has 3 nitrogen and oxygen atoms in total. The number of likely N-dealkylation sites (N-methyl/N-ethyl adjacent to an activating group) is 1. The van der Waals surface area contributed by atoms with E-state index in [9.17, 15) is 4.79 Å². The van der Waals surface area contributed by atoms with E-state index in [1.54, 1.807) is 0 Å². The molecule has 0 heterocycles. The Hall–Kier alpha value is -0.570. The Labute approximate surface area is 68.3 Å². The molecule has 1 atom stereocenters. The zero-order valence-corrected chi connectivity index (χ0v) is 7.46. The van der Waals surface area contributed by atoms with Crippen molar-refractivity contribution in [1.29, 1.82) is 0 Å². The van der Waals surface area contributed by atoms with Crippen LogP contribution in [0.1, 0.15) is 20.8 Å². The number of ether oxygens (including phenoxy) is 1. The predicted molar refractivity (Wildman–Crippen MR) is 44.0 cm³/mol. The smallest absolute Gasteiger partial charge is 0.417 e. The molecule has 0 aliphatic heterocycles. The van der Waals surface area contributed by atoms with Gasteiger partial charge in [-0.25, -0.2) is 4.79 Å². The van der Waals surface area contributed by atoms with Gasteiger partial charge in [0.2, 0.25) is 0 Å². The van der Waals surface area contributed by atoms with Crippen molar-refractivity contribution in [2.45, 2.75) is 26.9 Å². The van der Waals surface area contributed by atoms with Gasteiger partial charge >= 0.3 is 6.47 Å². The summed E-state index contributed by atoms with van der Waals surface area (Å²) in [6, 6.07) is 0. The number of rotatable bonds is 6. The fraction of sp³-hybridized carbons (Fsp3) is 0.875. The molecule has 0 N–H and O–H groups in total. The van der Waals surface area contributed by atoms with Crippen molar-refractivity contribution >= 4 is 6.47 Å². The van der Waals surface area contributed by atoms with Crippen molar-refractivity contribution in [2.75, 3.05) is 19.6 Å². The summed E-state index contributed by atoms with van der Waals surface area (Å²) >= 11 is 0. The summed E-state index contributed by atoms with van der Waals surface area (Å²) in [4.78, 5) is 12.0. The average molecular weight is 158 g/mol. The van der Waals surface area contributed by atoms with Gasteiger partial charge in [0, 0.05) is 6.54 Å². The van der Waals surface area contributed by atoms with E-state index in [0.29, 0.717) is 0 Å². The van der Waals surface area contributed by atoms with E-state index in [1.807, 2.05) is 6.92 Å². The average Bonchev–Trinajstić information content (AvgIpc) is 2.01. The van der Waals surface area contributed by atoms with Crippen LogP contribution >= 0.6 is 0 Å². The van der Waals surface area contributed by atoms with Crippen LogP contribution in [-0.2, 0) is 9.53 Å². The van der Waals surface area contributed by atoms with Crippen molar-refractivity contribution in [3.05, 3.63) is 0 Å². The van der Waals surface area contributed by atoms with Crippen molar-refractivity contribution in [1.82, 2.24) is 4.90 Å². The molecular formula is C8H16NO2. The van der Waals surface area contributed by atoms with Gasteiger partial charge < -0.3 is 9.64 Å². The first-order valence-electron chi connectivity index (χ1n) is 3.99. The minimum Gasteiger partial charge on any atom is -0.453 e. The first-order chi connectivity index (χ1) is 5.24. The summed E-state index contributed by atoms with van der Waals surface area (Å²) in [5.74, 6) is 0. The second kappa shape index (κ2) is 6.16. The molecule has 0 rings (SSSR count). The Morgan fingerprint density at radius 3 is 2.36 bits per heavy atom. The summed E-state index contributed by atoms with van der Waals surface area (Å²) in [7, 11) is 0.